The molecule has 2 aromatic rings. The second kappa shape index (κ2) is 10.1. The molecule has 0 aliphatic carbocycles. The summed E-state index contributed by atoms with van der Waals surface area (Å²) in [6.45, 7) is 0.505. The Bertz CT molecular complexity index is 746. The van der Waals surface area contributed by atoms with E-state index in [9.17, 15) is 4.79 Å². The lowest BCUT2D eigenvalue weighted by Crippen LogP contribution is -2.57. The predicted molar refractivity (Wildman–Crippen MR) is 115 cm³/mol. The molecule has 1 atom stereocenters. The van der Waals surface area contributed by atoms with Crippen LogP contribution in [0.1, 0.15) is 10.4 Å². The molecule has 0 saturated heterocycles. The first kappa shape index (κ1) is 21.0. The Kier molecular flexibility index (Phi) is 8.18. The number of benzene rings is 1. The van der Waals surface area contributed by atoms with Gasteiger partial charge in [0.15, 0.2) is 5.11 Å². The molecule has 1 amide bonds. The van der Waals surface area contributed by atoms with E-state index in [0.29, 0.717) is 6.54 Å². The number of hydrogen-bond donors (Lipinski definition) is 3. The van der Waals surface area contributed by atoms with Crippen LogP contribution < -0.4 is 16.0 Å². The number of thiophene rings is 1. The van der Waals surface area contributed by atoms with E-state index in [2.05, 4.69) is 16.0 Å². The van der Waals surface area contributed by atoms with E-state index in [0.717, 1.165) is 10.4 Å². The average molecular weight is 449 g/mol. The van der Waals surface area contributed by atoms with Crippen molar-refractivity contribution in [1.29, 1.82) is 0 Å². The molecule has 3 N–H and O–H groups in total. The van der Waals surface area contributed by atoms with Gasteiger partial charge in [0.1, 0.15) is 6.17 Å². The third-order valence-corrected chi connectivity index (χ3v) is 4.88. The number of alkyl halides is 3. The van der Waals surface area contributed by atoms with Gasteiger partial charge in [0.2, 0.25) is 9.70 Å². The SMILES string of the molecule is O=C(C=Cc1cccs1)NC(NC(=S)NCc1ccccc1)C(Cl)(Cl)Cl. The Morgan fingerprint density at radius 2 is 1.88 bits per heavy atom. The first-order valence-corrected chi connectivity index (χ1v) is 9.94. The van der Waals surface area contributed by atoms with Gasteiger partial charge in [0.05, 0.1) is 0 Å². The highest BCUT2D eigenvalue weighted by atomic mass is 35.6. The summed E-state index contributed by atoms with van der Waals surface area (Å²) in [6.07, 6.45) is 2.06. The predicted octanol–water partition coefficient (Wildman–Crippen LogP) is 4.24. The van der Waals surface area contributed by atoms with E-state index in [1.807, 2.05) is 47.8 Å². The molecule has 0 fully saturated rings. The van der Waals surface area contributed by atoms with E-state index in [4.69, 9.17) is 47.0 Å². The molecular weight excluding hydrogens is 433 g/mol. The fraction of sp³-hybridized carbons (Fsp3) is 0.176. The van der Waals surface area contributed by atoms with Gasteiger partial charge >= 0.3 is 0 Å². The third-order valence-electron chi connectivity index (χ3n) is 3.13. The second-order valence-electron chi connectivity index (χ2n) is 5.14. The Morgan fingerprint density at radius 3 is 2.50 bits per heavy atom. The van der Waals surface area contributed by atoms with Gasteiger partial charge in [-0.3, -0.25) is 4.79 Å². The second-order valence-corrected chi connectivity index (χ2v) is 8.90. The first-order valence-electron chi connectivity index (χ1n) is 7.51. The Labute approximate surface area is 176 Å². The summed E-state index contributed by atoms with van der Waals surface area (Å²) in [7, 11) is 0. The number of carbonyl (C=O) groups is 1. The van der Waals surface area contributed by atoms with E-state index in [1.54, 1.807) is 6.08 Å². The van der Waals surface area contributed by atoms with Crippen molar-refractivity contribution in [2.45, 2.75) is 16.5 Å². The maximum Gasteiger partial charge on any atom is 0.245 e. The maximum absolute atomic E-state index is 12.1. The monoisotopic (exact) mass is 447 g/mol. The van der Waals surface area contributed by atoms with Gasteiger partial charge in [-0.15, -0.1) is 11.3 Å². The Morgan fingerprint density at radius 1 is 1.15 bits per heavy atom. The highest BCUT2D eigenvalue weighted by Gasteiger charge is 2.34. The van der Waals surface area contributed by atoms with Gasteiger partial charge in [-0.05, 0) is 35.3 Å². The van der Waals surface area contributed by atoms with Crippen molar-refractivity contribution in [3.8, 4) is 0 Å². The lowest BCUT2D eigenvalue weighted by atomic mass is 10.2. The van der Waals surface area contributed by atoms with Gasteiger partial charge in [0.25, 0.3) is 0 Å². The number of carbonyl (C=O) groups excluding carboxylic acids is 1. The van der Waals surface area contributed by atoms with Crippen LogP contribution in [-0.4, -0.2) is 21.0 Å². The van der Waals surface area contributed by atoms with Crippen LogP contribution in [0.5, 0.6) is 0 Å². The highest BCUT2D eigenvalue weighted by Crippen LogP contribution is 2.29. The molecule has 1 aromatic heterocycles. The summed E-state index contributed by atoms with van der Waals surface area (Å²) in [5.74, 6) is -0.409. The van der Waals surface area contributed by atoms with Crippen molar-refractivity contribution in [1.82, 2.24) is 16.0 Å². The summed E-state index contributed by atoms with van der Waals surface area (Å²) < 4.78 is -1.79. The number of hydrogen-bond acceptors (Lipinski definition) is 3. The van der Waals surface area contributed by atoms with Crippen LogP contribution in [0.25, 0.3) is 6.08 Å². The normalized spacial score (nSPS) is 12.6. The Balaban J connectivity index is 1.90. The van der Waals surface area contributed by atoms with Crippen molar-refractivity contribution in [3.05, 3.63) is 64.4 Å². The molecule has 138 valence electrons. The summed E-state index contributed by atoms with van der Waals surface area (Å²) in [5.41, 5.74) is 1.05. The first-order chi connectivity index (χ1) is 12.3. The lowest BCUT2D eigenvalue weighted by Gasteiger charge is -2.27. The molecule has 0 radical (unpaired) electrons. The van der Waals surface area contributed by atoms with Crippen LogP contribution >= 0.6 is 58.4 Å². The molecular formula is C17H16Cl3N3OS2. The molecule has 26 heavy (non-hydrogen) atoms. The number of rotatable bonds is 6. The summed E-state index contributed by atoms with van der Waals surface area (Å²) >= 11 is 24.6. The average Bonchev–Trinajstić information content (AvgIpc) is 3.11. The fourth-order valence-electron chi connectivity index (χ4n) is 1.89. The zero-order valence-electron chi connectivity index (χ0n) is 13.4. The van der Waals surface area contributed by atoms with Crippen molar-refractivity contribution >= 4 is 75.5 Å². The smallest absolute Gasteiger partial charge is 0.245 e. The number of halogens is 3. The van der Waals surface area contributed by atoms with Crippen LogP contribution in [0, 0.1) is 0 Å². The number of thiocarbonyl (C=S) groups is 1. The van der Waals surface area contributed by atoms with E-state index >= 15 is 0 Å². The summed E-state index contributed by atoms with van der Waals surface area (Å²) in [4.78, 5) is 13.0. The Hall–Kier alpha value is -1.31. The molecule has 0 aliphatic heterocycles. The fourth-order valence-corrected chi connectivity index (χ4v) is 3.03. The largest absolute Gasteiger partial charge is 0.359 e. The van der Waals surface area contributed by atoms with Crippen molar-refractivity contribution in [2.24, 2.45) is 0 Å². The topological polar surface area (TPSA) is 53.2 Å². The third kappa shape index (κ3) is 7.51. The quantitative estimate of drug-likeness (QED) is 0.268. The van der Waals surface area contributed by atoms with Gasteiger partial charge < -0.3 is 16.0 Å². The number of amides is 1. The molecule has 9 heteroatoms. The van der Waals surface area contributed by atoms with E-state index in [1.165, 1.54) is 17.4 Å². The van der Waals surface area contributed by atoms with Crippen molar-refractivity contribution in [3.63, 3.8) is 0 Å². The summed E-state index contributed by atoms with van der Waals surface area (Å²) in [5, 5.41) is 10.6. The molecule has 4 nitrogen and oxygen atoms in total. The molecule has 0 spiro atoms. The van der Waals surface area contributed by atoms with Gasteiger partial charge in [-0.1, -0.05) is 71.2 Å². The molecule has 1 aromatic carbocycles. The van der Waals surface area contributed by atoms with Crippen LogP contribution in [0.3, 0.4) is 0 Å². The minimum absolute atomic E-state index is 0.257. The van der Waals surface area contributed by atoms with Crippen LogP contribution in [-0.2, 0) is 11.3 Å². The van der Waals surface area contributed by atoms with Crippen LogP contribution in [0.2, 0.25) is 0 Å². The van der Waals surface area contributed by atoms with Gasteiger partial charge in [-0.25, -0.2) is 0 Å². The van der Waals surface area contributed by atoms with Crippen LogP contribution in [0.15, 0.2) is 53.9 Å². The minimum Gasteiger partial charge on any atom is -0.359 e. The molecule has 1 heterocycles. The number of nitrogens with one attached hydrogen (secondary N) is 3. The molecule has 1 unspecified atom stereocenters. The maximum atomic E-state index is 12.1. The van der Waals surface area contributed by atoms with Gasteiger partial charge in [-0.2, -0.15) is 0 Å². The lowest BCUT2D eigenvalue weighted by molar-refractivity contribution is -0.117. The molecule has 0 saturated carbocycles. The van der Waals surface area contributed by atoms with Crippen molar-refractivity contribution < 1.29 is 4.79 Å². The molecule has 2 rings (SSSR count). The minimum atomic E-state index is -1.79. The van der Waals surface area contributed by atoms with Crippen molar-refractivity contribution in [2.75, 3.05) is 0 Å². The molecule has 0 bridgehead atoms. The highest BCUT2D eigenvalue weighted by molar-refractivity contribution is 7.80. The van der Waals surface area contributed by atoms with Crippen LogP contribution in [0.4, 0.5) is 0 Å². The van der Waals surface area contributed by atoms with E-state index < -0.39 is 15.9 Å². The zero-order valence-corrected chi connectivity index (χ0v) is 17.3. The summed E-state index contributed by atoms with van der Waals surface area (Å²) in [6, 6.07) is 13.5. The standard InChI is InChI=1S/C17H16Cl3N3OS2/c18-17(19,20)15(22-14(24)9-8-13-7-4-10-26-13)23-16(25)21-11-12-5-2-1-3-6-12/h1-10,15H,11H2,(H,22,24)(H2,21,23,25). The zero-order chi connectivity index (χ0) is 19.0. The molecule has 0 aliphatic rings. The van der Waals surface area contributed by atoms with Gasteiger partial charge in [0, 0.05) is 17.5 Å². The van der Waals surface area contributed by atoms with E-state index in [-0.39, 0.29) is 5.11 Å².